The van der Waals surface area contributed by atoms with Gasteiger partial charge in [-0.25, -0.2) is 19.6 Å². The molecule has 5 saturated heterocycles. The van der Waals surface area contributed by atoms with Gasteiger partial charge in [0, 0.05) is 115 Å². The Morgan fingerprint density at radius 2 is 1.24 bits per heavy atom. The maximum atomic E-state index is 14.4. The highest BCUT2D eigenvalue weighted by Gasteiger charge is 2.46. The van der Waals surface area contributed by atoms with Crippen molar-refractivity contribution in [2.75, 3.05) is 64.6 Å². The number of aromatic nitrogens is 7. The molecule has 39 nitrogen and oxygen atoms in total. The van der Waals surface area contributed by atoms with Crippen molar-refractivity contribution in [2.24, 2.45) is 11.8 Å². The molecule has 4 aromatic heterocycles. The first kappa shape index (κ1) is 80.2. The highest BCUT2D eigenvalue weighted by molar-refractivity contribution is 8.26. The Kier molecular flexibility index (Phi) is 25.3. The second-order valence-electron chi connectivity index (χ2n) is 25.6. The number of nitrogens with two attached hydrogens (primary N) is 1. The summed E-state index contributed by atoms with van der Waals surface area (Å²) in [5.41, 5.74) is 2.13. The number of nitro groups is 2. The molecule has 5 aliphatic rings. The van der Waals surface area contributed by atoms with Crippen molar-refractivity contribution in [3.8, 4) is 35.5 Å². The Labute approximate surface area is 624 Å². The molecular formula is C66H70N14O25P2S2. The number of ether oxygens (including phenoxy) is 5. The van der Waals surface area contributed by atoms with Crippen molar-refractivity contribution in [3.05, 3.63) is 162 Å². The van der Waals surface area contributed by atoms with E-state index in [0.29, 0.717) is 23.5 Å². The molecule has 109 heavy (non-hydrogen) atoms. The molecule has 0 radical (unpaired) electrons. The van der Waals surface area contributed by atoms with E-state index in [1.54, 1.807) is 13.8 Å². The van der Waals surface area contributed by atoms with Gasteiger partial charge < -0.3 is 73.9 Å². The molecule has 43 heteroatoms. The van der Waals surface area contributed by atoms with Gasteiger partial charge in [0.05, 0.1) is 102 Å². The number of methoxy groups -OCH3 is 1. The van der Waals surface area contributed by atoms with Gasteiger partial charge >= 0.3 is 26.6 Å². The molecule has 11 rings (SSSR count). The van der Waals surface area contributed by atoms with Gasteiger partial charge in [0.15, 0.2) is 0 Å². The average Bonchev–Trinajstić information content (AvgIpc) is 1.66. The normalized spacial score (nSPS) is 24.2. The number of carbonyl (C=O) groups is 5. The van der Waals surface area contributed by atoms with Gasteiger partial charge in [-0.3, -0.25) is 87.3 Å². The fraction of sp³-hybridized carbons (Fsp3) is 0.439. The summed E-state index contributed by atoms with van der Waals surface area (Å²) < 4.78 is 73.4. The number of amides is 3. The van der Waals surface area contributed by atoms with Gasteiger partial charge in [0.2, 0.25) is 16.1 Å². The quantitative estimate of drug-likeness (QED) is 0.0170. The average molecular weight is 1590 g/mol. The second-order valence-corrected chi connectivity index (χ2v) is 31.3. The van der Waals surface area contributed by atoms with Crippen LogP contribution in [0, 0.1) is 67.6 Å². The lowest BCUT2D eigenvalue weighted by Crippen LogP contribution is -2.49. The monoisotopic (exact) mass is 1580 g/mol. The van der Waals surface area contributed by atoms with E-state index in [2.05, 4.69) is 76.7 Å². The Balaban J connectivity index is 0.812. The summed E-state index contributed by atoms with van der Waals surface area (Å²) in [5, 5.41) is 44.9. The van der Waals surface area contributed by atoms with Gasteiger partial charge in [0.25, 0.3) is 33.0 Å². The topological polar surface area (TPSA) is 546 Å². The van der Waals surface area contributed by atoms with Crippen molar-refractivity contribution in [1.29, 1.82) is 0 Å². The molecule has 2 aromatic carbocycles. The summed E-state index contributed by atoms with van der Waals surface area (Å²) in [7, 11) is -8.38. The number of carbonyl (C=O) groups excluding carboxylic acids is 5. The summed E-state index contributed by atoms with van der Waals surface area (Å²) in [6, 6.07) is 6.54. The second kappa shape index (κ2) is 34.4. The van der Waals surface area contributed by atoms with Crippen LogP contribution in [0.15, 0.2) is 80.5 Å². The molecular weight excluding hydrogens is 1510 g/mol. The summed E-state index contributed by atoms with van der Waals surface area (Å²) >= 11 is 0.888. The third-order valence-electron chi connectivity index (χ3n) is 18.2. The van der Waals surface area contributed by atoms with Crippen LogP contribution in [-0.4, -0.2) is 180 Å². The lowest BCUT2D eigenvalue weighted by Gasteiger charge is -2.25. The molecule has 0 aliphatic carbocycles. The summed E-state index contributed by atoms with van der Waals surface area (Å²) in [6.07, 6.45) is -7.90. The number of aliphatic hydroxyl groups is 1. The Morgan fingerprint density at radius 1 is 0.716 bits per heavy atom. The predicted octanol–water partition coefficient (Wildman–Crippen LogP) is 2.55. The van der Waals surface area contributed by atoms with E-state index in [1.165, 1.54) is 61.5 Å². The van der Waals surface area contributed by atoms with Gasteiger partial charge in [-0.2, -0.15) is 0 Å². The van der Waals surface area contributed by atoms with Crippen LogP contribution in [0.3, 0.4) is 0 Å². The van der Waals surface area contributed by atoms with Crippen LogP contribution in [0.25, 0.3) is 11.0 Å². The maximum absolute atomic E-state index is 14.4. The third kappa shape index (κ3) is 19.4. The first-order valence-corrected chi connectivity index (χ1v) is 38.7. The van der Waals surface area contributed by atoms with Crippen molar-refractivity contribution < 1.29 is 90.6 Å². The number of nitrogen functional groups attached to an aromatic ring is 1. The van der Waals surface area contributed by atoms with E-state index in [1.807, 2.05) is 0 Å². The number of aromatic amines is 2. The molecule has 6 unspecified atom stereocenters. The number of aliphatic hydroxyl groups excluding tert-OH is 1. The number of hydrogen-bond acceptors (Lipinski definition) is 29. The molecule has 9 heterocycles. The molecule has 576 valence electrons. The number of nitrogens with one attached hydrogen (secondary N) is 6. The molecule has 15 atom stereocenters. The highest BCUT2D eigenvalue weighted by atomic mass is 32.2. The molecule has 5 fully saturated rings. The third-order valence-corrected chi connectivity index (χ3v) is 22.7. The molecule has 0 bridgehead atoms. The zero-order valence-corrected chi connectivity index (χ0v) is 61.4. The zero-order chi connectivity index (χ0) is 78.3. The number of benzene rings is 2. The number of nitrogens with zero attached hydrogens (tertiary/aromatic N) is 7. The van der Waals surface area contributed by atoms with Gasteiger partial charge in [-0.05, 0) is 51.0 Å². The van der Waals surface area contributed by atoms with Crippen molar-refractivity contribution in [3.63, 3.8) is 0 Å². The van der Waals surface area contributed by atoms with E-state index in [4.69, 9.17) is 38.5 Å². The number of hydrogen-bond donors (Lipinski definition) is 10. The predicted molar refractivity (Wildman–Crippen MR) is 385 cm³/mol. The van der Waals surface area contributed by atoms with E-state index < -0.39 is 179 Å². The molecule has 6 aromatic rings. The van der Waals surface area contributed by atoms with E-state index in [0.717, 1.165) is 27.6 Å². The van der Waals surface area contributed by atoms with Crippen molar-refractivity contribution in [2.45, 2.75) is 114 Å². The summed E-state index contributed by atoms with van der Waals surface area (Å²) in [5.74, 6) is 14.0. The van der Waals surface area contributed by atoms with Crippen LogP contribution < -0.4 is 49.5 Å². The van der Waals surface area contributed by atoms with E-state index >= 15 is 0 Å². The van der Waals surface area contributed by atoms with Crippen molar-refractivity contribution in [1.82, 2.24) is 54.9 Å². The number of thioether (sulfide) groups is 2. The first-order chi connectivity index (χ1) is 51.8. The summed E-state index contributed by atoms with van der Waals surface area (Å²) in [4.78, 5) is 173. The standard InChI is InChI=1S/C66H70N14O25P2S2/c1-5-52(82)68-16-6-7-38-25-77(63(87)74-59(38)83)53-19-40(49(103-53)27-99-4)30-106(95,96)100-28-50-41(20-54(104-50)78-26-39(60(84)75-64(78)88)13-9-36-11-15-43(46(18-36)80(93)94)34(3)102-48-23-70-66(90)109-62(48)86)31-107(97,98)101-29-51-47(81)21-55(105-51)76-24-37(56-57(67)71-32-72-58(56)76)12-8-35-10-14-42(45(17-35)79(91)92)33(2)73-44-22-69-65(89)108-61(44)85/h10-11,14-15,17-18,24-26,32-34,40-41,44,47-51,53-55,73,81H,5,16,19-23,27-31H2,1-4H3,(H,68,82)(H,69,89)(H,70,90)(H,95,96)(H,97,98)(H2,67,71,72)(H,74,83,87)(H,75,84,88)/t33?,34?,40-,41-,44?,47+,48?,49-,50-,51-,53-,54-,55-/m1/s1. The number of H-pyrrole nitrogens is 2. The van der Waals surface area contributed by atoms with Gasteiger partial charge in [0.1, 0.15) is 59.8 Å². The number of fused-ring (bicyclic) bond motifs is 1. The smallest absolute Gasteiger partial charge is 0.330 e. The Morgan fingerprint density at radius 3 is 1.82 bits per heavy atom. The van der Waals surface area contributed by atoms with Crippen LogP contribution >= 0.6 is 38.7 Å². The number of nitro benzene ring substituents is 2. The van der Waals surface area contributed by atoms with Crippen molar-refractivity contribution >= 4 is 93.6 Å². The molecule has 5 aliphatic heterocycles. The SMILES string of the molecule is CCC(=O)NCC#Cc1cn([C@H]2C[C@H](CP(=O)(O)OC[C@H]3O[C@@H](n4cc(C#Cc5ccc(C(C)OC6CNC(=O)SC6=O)c([N+](=O)[O-])c5)c(=O)[nH]c4=O)C[C@@H]3CP(=O)(O)OC[C@H]3O[C@@H](n4cc(C#Cc5ccc(C(C)NC6CNC(=O)SC6=O)c([N+](=O)[O-])c5)c5c(N)ncnc54)C[C@@H]3O)[C@@H](COC)O2)c(=O)[nH]c1=O. The first-order valence-electron chi connectivity index (χ1n) is 33.5. The summed E-state index contributed by atoms with van der Waals surface area (Å²) in [6.45, 7) is 2.78. The number of anilines is 1. The van der Waals surface area contributed by atoms with Crippen LogP contribution in [0.2, 0.25) is 0 Å². The Hall–Kier alpha value is -9.83. The van der Waals surface area contributed by atoms with E-state index in [9.17, 15) is 87.4 Å². The minimum absolute atomic E-state index is 0.00883. The molecule has 0 saturated carbocycles. The lowest BCUT2D eigenvalue weighted by atomic mass is 10.0. The van der Waals surface area contributed by atoms with Gasteiger partial charge in [-0.15, -0.1) is 0 Å². The maximum Gasteiger partial charge on any atom is 0.330 e. The Bertz CT molecular complexity index is 5190. The number of rotatable bonds is 25. The highest BCUT2D eigenvalue weighted by Crippen LogP contribution is 2.53. The molecule has 3 amide bonds. The molecule has 0 spiro atoms. The lowest BCUT2D eigenvalue weighted by molar-refractivity contribution is -0.386. The van der Waals surface area contributed by atoms with Crippen LogP contribution in [0.1, 0.15) is 116 Å². The minimum Gasteiger partial charge on any atom is -0.390 e. The largest absolute Gasteiger partial charge is 0.390 e. The fourth-order valence-corrected chi connectivity index (χ4v) is 16.9. The molecule has 11 N–H and O–H groups in total. The zero-order valence-electron chi connectivity index (χ0n) is 58.0. The van der Waals surface area contributed by atoms with Crippen LogP contribution in [-0.2, 0) is 56.2 Å². The van der Waals surface area contributed by atoms with Crippen LogP contribution in [0.5, 0.6) is 0 Å². The van der Waals surface area contributed by atoms with Gasteiger partial charge in [-0.1, -0.05) is 42.4 Å². The fourth-order valence-electron chi connectivity index (χ4n) is 12.7. The van der Waals surface area contributed by atoms with Crippen LogP contribution in [0.4, 0.5) is 26.8 Å². The minimum atomic E-state index is -4.91. The van der Waals surface area contributed by atoms with E-state index in [-0.39, 0.29) is 119 Å².